The predicted molar refractivity (Wildman–Crippen MR) is 160 cm³/mol. The number of hydrogen-bond donors (Lipinski definition) is 2. The number of carbonyl (C=O) groups excluding carboxylic acids is 2. The summed E-state index contributed by atoms with van der Waals surface area (Å²) in [7, 11) is 0. The number of aromatic nitrogens is 2. The molecule has 0 aliphatic heterocycles. The normalized spacial score (nSPS) is 10.5. The molecule has 5 rings (SSSR count). The van der Waals surface area contributed by atoms with Gasteiger partial charge in [-0.25, -0.2) is 9.59 Å². The average Bonchev–Trinajstić information content (AvgIpc) is 3.05. The third-order valence-electron chi connectivity index (χ3n) is 6.47. The van der Waals surface area contributed by atoms with Gasteiger partial charge in [0, 0.05) is 36.1 Å². The molecule has 0 spiro atoms. The SMILES string of the molecule is O=C(NCc1ccc[n+](COC(=O)c2cccnc2)c1)Nc1ccc(OCCc2ccccc2-c2ccccc2)cc1. The van der Waals surface area contributed by atoms with E-state index in [1.54, 1.807) is 47.4 Å². The van der Waals surface area contributed by atoms with Crippen molar-refractivity contribution in [3.8, 4) is 16.9 Å². The first-order chi connectivity index (χ1) is 20.6. The van der Waals surface area contributed by atoms with Crippen molar-refractivity contribution in [1.82, 2.24) is 10.3 Å². The van der Waals surface area contributed by atoms with E-state index in [1.165, 1.54) is 22.9 Å². The molecule has 2 amide bonds. The minimum atomic E-state index is -0.455. The second-order valence-corrected chi connectivity index (χ2v) is 9.48. The Morgan fingerprint density at radius 1 is 0.833 bits per heavy atom. The van der Waals surface area contributed by atoms with Gasteiger partial charge in [-0.05, 0) is 59.2 Å². The van der Waals surface area contributed by atoms with Crippen molar-refractivity contribution in [3.63, 3.8) is 0 Å². The molecule has 0 radical (unpaired) electrons. The van der Waals surface area contributed by atoms with Gasteiger partial charge in [-0.2, -0.15) is 4.57 Å². The molecule has 8 heteroatoms. The van der Waals surface area contributed by atoms with Crippen LogP contribution in [0.15, 0.2) is 128 Å². The Morgan fingerprint density at radius 3 is 2.45 bits per heavy atom. The summed E-state index contributed by atoms with van der Waals surface area (Å²) in [5.41, 5.74) is 5.52. The maximum atomic E-state index is 12.5. The third kappa shape index (κ3) is 8.02. The molecular weight excluding hydrogens is 528 g/mol. The van der Waals surface area contributed by atoms with Crippen molar-refractivity contribution in [2.45, 2.75) is 19.7 Å². The highest BCUT2D eigenvalue weighted by Gasteiger charge is 2.11. The number of anilines is 1. The van der Waals surface area contributed by atoms with E-state index < -0.39 is 5.97 Å². The van der Waals surface area contributed by atoms with Gasteiger partial charge in [0.1, 0.15) is 5.75 Å². The van der Waals surface area contributed by atoms with E-state index in [2.05, 4.69) is 45.9 Å². The summed E-state index contributed by atoms with van der Waals surface area (Å²) < 4.78 is 13.0. The number of benzene rings is 3. The lowest BCUT2D eigenvalue weighted by atomic mass is 9.98. The van der Waals surface area contributed by atoms with Crippen molar-refractivity contribution in [2.75, 3.05) is 11.9 Å². The summed E-state index contributed by atoms with van der Waals surface area (Å²) in [6.45, 7) is 0.882. The first-order valence-electron chi connectivity index (χ1n) is 13.6. The van der Waals surface area contributed by atoms with Crippen LogP contribution in [0.25, 0.3) is 11.1 Å². The number of rotatable bonds is 11. The van der Waals surface area contributed by atoms with Gasteiger partial charge in [-0.15, -0.1) is 0 Å². The topological polar surface area (TPSA) is 93.4 Å². The first kappa shape index (κ1) is 28.0. The molecule has 0 aliphatic rings. The van der Waals surface area contributed by atoms with E-state index in [9.17, 15) is 9.59 Å². The summed E-state index contributed by atoms with van der Waals surface area (Å²) in [6, 6.07) is 32.7. The van der Waals surface area contributed by atoms with Crippen molar-refractivity contribution in [3.05, 3.63) is 145 Å². The molecular formula is C34H31N4O4+. The second-order valence-electron chi connectivity index (χ2n) is 9.48. The van der Waals surface area contributed by atoms with Crippen LogP contribution in [0.5, 0.6) is 5.75 Å². The van der Waals surface area contributed by atoms with Gasteiger partial charge in [-0.1, -0.05) is 54.6 Å². The van der Waals surface area contributed by atoms with E-state index in [-0.39, 0.29) is 12.8 Å². The van der Waals surface area contributed by atoms with Crippen molar-refractivity contribution < 1.29 is 23.6 Å². The highest BCUT2D eigenvalue weighted by Crippen LogP contribution is 2.24. The van der Waals surface area contributed by atoms with Gasteiger partial charge in [0.2, 0.25) is 0 Å². The Bertz CT molecular complexity index is 1610. The fraction of sp³-hybridized carbons (Fsp3) is 0.118. The Hall–Kier alpha value is -5.50. The van der Waals surface area contributed by atoms with Crippen LogP contribution in [0.2, 0.25) is 0 Å². The van der Waals surface area contributed by atoms with Crippen LogP contribution in [0, 0.1) is 0 Å². The minimum Gasteiger partial charge on any atom is -0.493 e. The Morgan fingerprint density at radius 2 is 1.64 bits per heavy atom. The van der Waals surface area contributed by atoms with Crippen LogP contribution in [0.4, 0.5) is 10.5 Å². The molecule has 2 N–H and O–H groups in total. The number of amides is 2. The van der Waals surface area contributed by atoms with Crippen LogP contribution in [-0.2, 0) is 24.4 Å². The summed E-state index contributed by atoms with van der Waals surface area (Å²) in [5.74, 6) is 0.277. The number of nitrogens with one attached hydrogen (secondary N) is 2. The van der Waals surface area contributed by atoms with Crippen molar-refractivity contribution in [2.24, 2.45) is 0 Å². The fourth-order valence-corrected chi connectivity index (χ4v) is 4.37. The molecule has 0 saturated carbocycles. The zero-order valence-corrected chi connectivity index (χ0v) is 23.0. The predicted octanol–water partition coefficient (Wildman–Crippen LogP) is 5.79. The Balaban J connectivity index is 1.06. The number of nitrogens with zero attached hydrogens (tertiary/aromatic N) is 2. The highest BCUT2D eigenvalue weighted by molar-refractivity contribution is 5.89. The molecule has 0 fully saturated rings. The van der Waals surface area contributed by atoms with E-state index >= 15 is 0 Å². The molecule has 0 unspecified atom stereocenters. The van der Waals surface area contributed by atoms with E-state index in [4.69, 9.17) is 9.47 Å². The molecule has 3 aromatic carbocycles. The smallest absolute Gasteiger partial charge is 0.344 e. The van der Waals surface area contributed by atoms with E-state index in [1.807, 2.05) is 48.5 Å². The summed E-state index contributed by atoms with van der Waals surface area (Å²) in [4.78, 5) is 28.5. The molecule has 5 aromatic rings. The zero-order valence-electron chi connectivity index (χ0n) is 23.0. The van der Waals surface area contributed by atoms with Crippen LogP contribution >= 0.6 is 0 Å². The van der Waals surface area contributed by atoms with Crippen LogP contribution < -0.4 is 19.9 Å². The molecule has 0 saturated heterocycles. The third-order valence-corrected chi connectivity index (χ3v) is 6.47. The van der Waals surface area contributed by atoms with E-state index in [0.717, 1.165) is 17.7 Å². The lowest BCUT2D eigenvalue weighted by Crippen LogP contribution is -2.37. The standard InChI is InChI=1S/C34H30N4O4/c39-33(29-12-6-19-35-23-29)42-25-38-20-7-8-26(24-38)22-36-34(40)37-30-14-16-31(17-15-30)41-21-18-28-11-4-5-13-32(28)27-9-2-1-3-10-27/h1-17,19-20,23-24H,18,21-22,25H2,(H-,36,37,40)/p+1. The summed E-state index contributed by atoms with van der Waals surface area (Å²) in [6.07, 6.45) is 7.42. The number of hydrogen-bond acceptors (Lipinski definition) is 5. The quantitative estimate of drug-likeness (QED) is 0.158. The molecule has 0 atom stereocenters. The second kappa shape index (κ2) is 14.2. The number of ether oxygens (including phenoxy) is 2. The fourth-order valence-electron chi connectivity index (χ4n) is 4.37. The van der Waals surface area contributed by atoms with Gasteiger partial charge in [-0.3, -0.25) is 4.98 Å². The van der Waals surface area contributed by atoms with Gasteiger partial charge in [0.25, 0.3) is 6.73 Å². The molecule has 42 heavy (non-hydrogen) atoms. The maximum Gasteiger partial charge on any atom is 0.344 e. The van der Waals surface area contributed by atoms with Crippen LogP contribution in [0.3, 0.4) is 0 Å². The largest absolute Gasteiger partial charge is 0.493 e. The molecule has 8 nitrogen and oxygen atoms in total. The zero-order chi connectivity index (χ0) is 29.0. The van der Waals surface area contributed by atoms with Crippen molar-refractivity contribution >= 4 is 17.7 Å². The Labute approximate surface area is 244 Å². The van der Waals surface area contributed by atoms with Gasteiger partial charge in [0.05, 0.1) is 18.7 Å². The number of urea groups is 1. The molecule has 0 aliphatic carbocycles. The molecule has 2 heterocycles. The number of carbonyl (C=O) groups is 2. The minimum absolute atomic E-state index is 0.0434. The highest BCUT2D eigenvalue weighted by atomic mass is 16.5. The molecule has 0 bridgehead atoms. The average molecular weight is 560 g/mol. The number of pyridine rings is 2. The van der Waals surface area contributed by atoms with Gasteiger partial charge < -0.3 is 20.1 Å². The maximum absolute atomic E-state index is 12.5. The summed E-state index contributed by atoms with van der Waals surface area (Å²) in [5, 5.41) is 5.67. The van der Waals surface area contributed by atoms with Gasteiger partial charge >= 0.3 is 12.0 Å². The van der Waals surface area contributed by atoms with Gasteiger partial charge in [0.15, 0.2) is 12.4 Å². The van der Waals surface area contributed by atoms with Crippen LogP contribution in [0.1, 0.15) is 21.5 Å². The van der Waals surface area contributed by atoms with Crippen molar-refractivity contribution in [1.29, 1.82) is 0 Å². The van der Waals surface area contributed by atoms with E-state index in [0.29, 0.717) is 24.4 Å². The first-order valence-corrected chi connectivity index (χ1v) is 13.6. The lowest BCUT2D eigenvalue weighted by molar-refractivity contribution is -0.727. The molecule has 210 valence electrons. The monoisotopic (exact) mass is 559 g/mol. The lowest BCUT2D eigenvalue weighted by Gasteiger charge is -2.12. The summed E-state index contributed by atoms with van der Waals surface area (Å²) >= 11 is 0. The van der Waals surface area contributed by atoms with Crippen LogP contribution in [-0.4, -0.2) is 23.6 Å². The number of esters is 1. The Kier molecular flexibility index (Phi) is 9.50. The molecule has 2 aromatic heterocycles.